The van der Waals surface area contributed by atoms with Crippen LogP contribution in [-0.4, -0.2) is 41.1 Å². The number of allylic oxidation sites excluding steroid dienone is 3. The topological polar surface area (TPSA) is 74.7 Å². The number of carboxylic acids is 1. The number of hydrogen-bond acceptors (Lipinski definition) is 3. The third-order valence-electron chi connectivity index (χ3n) is 7.12. The first-order valence-electron chi connectivity index (χ1n) is 11.0. The fourth-order valence-electron chi connectivity index (χ4n) is 5.45. The van der Waals surface area contributed by atoms with Crippen LogP contribution in [0.25, 0.3) is 0 Å². The molecule has 5 nitrogen and oxygen atoms in total. The lowest BCUT2D eigenvalue weighted by Crippen LogP contribution is -2.56. The lowest BCUT2D eigenvalue weighted by molar-refractivity contribution is -0.136. The van der Waals surface area contributed by atoms with Gasteiger partial charge in [0, 0.05) is 12.6 Å². The van der Waals surface area contributed by atoms with Gasteiger partial charge < -0.3 is 5.11 Å². The number of sulfonamides is 1. The van der Waals surface area contributed by atoms with Crippen LogP contribution in [0.1, 0.15) is 62.5 Å². The molecule has 1 saturated carbocycles. The summed E-state index contributed by atoms with van der Waals surface area (Å²) in [6.07, 6.45) is 13.2. The van der Waals surface area contributed by atoms with E-state index in [1.807, 2.05) is 59.8 Å². The Kier molecular flexibility index (Phi) is 5.90. The van der Waals surface area contributed by atoms with Crippen molar-refractivity contribution in [3.05, 3.63) is 59.7 Å². The van der Waals surface area contributed by atoms with Crippen LogP contribution < -0.4 is 0 Å². The van der Waals surface area contributed by atoms with Crippen LogP contribution in [0.4, 0.5) is 0 Å². The summed E-state index contributed by atoms with van der Waals surface area (Å²) < 4.78 is 28.7. The maximum absolute atomic E-state index is 13.9. The first-order valence-corrected chi connectivity index (χ1v) is 12.4. The van der Waals surface area contributed by atoms with Gasteiger partial charge in [-0.05, 0) is 55.6 Å². The SMILES string of the molecule is CC1(S(=O)(=O)N2CC(c3cccc(CC(=O)O)c3)CC3CCCCC32)C=CC=CC1. The van der Waals surface area contributed by atoms with Gasteiger partial charge in [0.05, 0.1) is 6.42 Å². The van der Waals surface area contributed by atoms with Gasteiger partial charge in [0.2, 0.25) is 10.0 Å². The summed E-state index contributed by atoms with van der Waals surface area (Å²) in [6.45, 7) is 2.31. The smallest absolute Gasteiger partial charge is 0.307 e. The van der Waals surface area contributed by atoms with E-state index in [0.717, 1.165) is 43.2 Å². The maximum atomic E-state index is 13.9. The molecule has 1 N–H and O–H groups in total. The zero-order valence-electron chi connectivity index (χ0n) is 17.5. The number of hydrogen-bond donors (Lipinski definition) is 1. The third kappa shape index (κ3) is 4.00. The predicted octanol–water partition coefficient (Wildman–Crippen LogP) is 4.27. The van der Waals surface area contributed by atoms with Crippen molar-refractivity contribution in [1.29, 1.82) is 0 Å². The Labute approximate surface area is 179 Å². The Morgan fingerprint density at radius 3 is 2.77 bits per heavy atom. The molecule has 0 spiro atoms. The lowest BCUT2D eigenvalue weighted by atomic mass is 9.74. The van der Waals surface area contributed by atoms with E-state index in [4.69, 9.17) is 5.11 Å². The van der Waals surface area contributed by atoms with E-state index in [0.29, 0.717) is 18.9 Å². The van der Waals surface area contributed by atoms with E-state index in [9.17, 15) is 13.2 Å². The van der Waals surface area contributed by atoms with Gasteiger partial charge in [0.15, 0.2) is 0 Å². The molecule has 0 amide bonds. The minimum absolute atomic E-state index is 0.0101. The molecule has 4 atom stereocenters. The minimum atomic E-state index is -3.52. The van der Waals surface area contributed by atoms with Gasteiger partial charge in [-0.2, -0.15) is 4.31 Å². The van der Waals surface area contributed by atoms with Gasteiger partial charge in [0.1, 0.15) is 4.75 Å². The highest BCUT2D eigenvalue weighted by Crippen LogP contribution is 2.45. The fraction of sp³-hybridized carbons (Fsp3) is 0.542. The van der Waals surface area contributed by atoms with Crippen molar-refractivity contribution in [2.24, 2.45) is 5.92 Å². The van der Waals surface area contributed by atoms with E-state index in [1.54, 1.807) is 0 Å². The van der Waals surface area contributed by atoms with E-state index in [1.165, 1.54) is 0 Å². The van der Waals surface area contributed by atoms with Gasteiger partial charge in [0.25, 0.3) is 0 Å². The summed E-state index contributed by atoms with van der Waals surface area (Å²) >= 11 is 0. The molecule has 0 radical (unpaired) electrons. The number of fused-ring (bicyclic) bond motifs is 1. The monoisotopic (exact) mass is 429 g/mol. The quantitative estimate of drug-likeness (QED) is 0.759. The summed E-state index contributed by atoms with van der Waals surface area (Å²) in [5, 5.41) is 9.14. The summed E-state index contributed by atoms with van der Waals surface area (Å²) in [6, 6.07) is 7.79. The average molecular weight is 430 g/mol. The van der Waals surface area contributed by atoms with Crippen molar-refractivity contribution in [2.45, 2.75) is 68.6 Å². The van der Waals surface area contributed by atoms with Gasteiger partial charge in [-0.15, -0.1) is 0 Å². The molecule has 1 heterocycles. The second kappa shape index (κ2) is 8.31. The number of nitrogens with zero attached hydrogens (tertiary/aromatic N) is 1. The highest BCUT2D eigenvalue weighted by atomic mass is 32.2. The van der Waals surface area contributed by atoms with Crippen LogP contribution in [0, 0.1) is 5.92 Å². The third-order valence-corrected chi connectivity index (χ3v) is 9.64. The molecule has 1 aliphatic heterocycles. The number of piperidine rings is 1. The van der Waals surface area contributed by atoms with Crippen LogP contribution in [0.15, 0.2) is 48.6 Å². The van der Waals surface area contributed by atoms with E-state index in [-0.39, 0.29) is 18.4 Å². The van der Waals surface area contributed by atoms with Gasteiger partial charge in [-0.3, -0.25) is 4.79 Å². The highest BCUT2D eigenvalue weighted by molar-refractivity contribution is 7.90. The summed E-state index contributed by atoms with van der Waals surface area (Å²) in [5.41, 5.74) is 1.83. The number of rotatable bonds is 5. The zero-order chi connectivity index (χ0) is 21.4. The molecule has 6 heteroatoms. The van der Waals surface area contributed by atoms with Crippen molar-refractivity contribution < 1.29 is 18.3 Å². The van der Waals surface area contributed by atoms with E-state index < -0.39 is 20.7 Å². The molecular weight excluding hydrogens is 398 g/mol. The van der Waals surface area contributed by atoms with Crippen LogP contribution in [-0.2, 0) is 21.2 Å². The van der Waals surface area contributed by atoms with Crippen LogP contribution in [0.3, 0.4) is 0 Å². The normalized spacial score (nSPS) is 32.0. The second-order valence-corrected chi connectivity index (χ2v) is 11.6. The highest BCUT2D eigenvalue weighted by Gasteiger charge is 2.49. The Morgan fingerprint density at radius 2 is 2.03 bits per heavy atom. The Morgan fingerprint density at radius 1 is 1.23 bits per heavy atom. The Balaban J connectivity index is 1.67. The fourth-order valence-corrected chi connectivity index (χ4v) is 7.55. The maximum Gasteiger partial charge on any atom is 0.307 e. The molecular formula is C24H31NO4S. The van der Waals surface area contributed by atoms with Crippen molar-refractivity contribution >= 4 is 16.0 Å². The molecule has 1 aromatic rings. The molecule has 4 unspecified atom stereocenters. The van der Waals surface area contributed by atoms with Crippen LogP contribution >= 0.6 is 0 Å². The largest absolute Gasteiger partial charge is 0.481 e. The average Bonchev–Trinajstić information content (AvgIpc) is 2.73. The van der Waals surface area contributed by atoms with Gasteiger partial charge >= 0.3 is 5.97 Å². The zero-order valence-corrected chi connectivity index (χ0v) is 18.4. The molecule has 4 rings (SSSR count). The second-order valence-electron chi connectivity index (χ2n) is 9.24. The molecule has 2 fully saturated rings. The number of carboxylic acid groups (broad SMARTS) is 1. The van der Waals surface area contributed by atoms with Crippen molar-refractivity contribution in [3.63, 3.8) is 0 Å². The van der Waals surface area contributed by atoms with Crippen molar-refractivity contribution in [2.75, 3.05) is 6.54 Å². The number of benzene rings is 1. The lowest BCUT2D eigenvalue weighted by Gasteiger charge is -2.48. The number of aliphatic carboxylic acids is 1. The van der Waals surface area contributed by atoms with Crippen LogP contribution in [0.5, 0.6) is 0 Å². The van der Waals surface area contributed by atoms with Crippen molar-refractivity contribution in [3.8, 4) is 0 Å². The van der Waals surface area contributed by atoms with E-state index >= 15 is 0 Å². The first kappa shape index (κ1) is 21.3. The van der Waals surface area contributed by atoms with Gasteiger partial charge in [-0.25, -0.2) is 8.42 Å². The summed E-state index contributed by atoms with van der Waals surface area (Å²) in [7, 11) is -3.52. The summed E-state index contributed by atoms with van der Waals surface area (Å²) in [4.78, 5) is 11.1. The number of carbonyl (C=O) groups is 1. The molecule has 3 aliphatic rings. The van der Waals surface area contributed by atoms with E-state index in [2.05, 4.69) is 0 Å². The molecule has 1 aromatic carbocycles. The molecule has 0 bridgehead atoms. The Hall–Kier alpha value is -1.92. The van der Waals surface area contributed by atoms with Crippen LogP contribution in [0.2, 0.25) is 0 Å². The summed E-state index contributed by atoms with van der Waals surface area (Å²) in [5.74, 6) is -0.390. The Bertz CT molecular complexity index is 967. The minimum Gasteiger partial charge on any atom is -0.481 e. The van der Waals surface area contributed by atoms with Crippen molar-refractivity contribution in [1.82, 2.24) is 4.31 Å². The molecule has 0 aromatic heterocycles. The first-order chi connectivity index (χ1) is 14.3. The standard InChI is InChI=1S/C24H31NO4S/c1-24(12-5-2-6-13-24)30(28,29)25-17-21(16-20-9-3-4-11-22(20)25)19-10-7-8-18(14-19)15-23(26)27/h2,5-8,10,12,14,20-22H,3-4,9,11,13,15-17H2,1H3,(H,26,27). The van der Waals surface area contributed by atoms with Gasteiger partial charge in [-0.1, -0.05) is 61.4 Å². The molecule has 162 valence electrons. The molecule has 1 saturated heterocycles. The molecule has 2 aliphatic carbocycles. The predicted molar refractivity (Wildman–Crippen MR) is 118 cm³/mol. The molecule has 30 heavy (non-hydrogen) atoms.